The summed E-state index contributed by atoms with van der Waals surface area (Å²) >= 11 is 0. The molecule has 0 aliphatic carbocycles. The maximum Gasteiger partial charge on any atom is 2.00 e. The smallest absolute Gasteiger partial charge is 0.870 e. The topological polar surface area (TPSA) is 60.0 Å². The molecule has 0 rings (SSSR count). The largest absolute Gasteiger partial charge is 2.00 e. The molecule has 0 unspecified atom stereocenters. The molecule has 3 heteroatoms. The summed E-state index contributed by atoms with van der Waals surface area (Å²) < 4.78 is 0. The van der Waals surface area contributed by atoms with Crippen molar-refractivity contribution in [2.24, 2.45) is 0 Å². The van der Waals surface area contributed by atoms with Crippen LogP contribution in [0.5, 0.6) is 0 Å². The molecule has 0 aromatic carbocycles. The zero-order valence-corrected chi connectivity index (χ0v) is 5.66. The van der Waals surface area contributed by atoms with Gasteiger partial charge in [0.05, 0.1) is 0 Å². The van der Waals surface area contributed by atoms with Gasteiger partial charge < -0.3 is 11.0 Å². The van der Waals surface area contributed by atoms with Gasteiger partial charge in [0.1, 0.15) is 0 Å². The van der Waals surface area contributed by atoms with Crippen molar-refractivity contribution < 1.29 is 32.7 Å². The Labute approximate surface area is 53.4 Å². The standard InChI is InChI=1S/C3H8.2H2O.Ti/c1-3-2;;;/h3H2,1-2H3;2*1H2;/q;;;+2/p-2. The van der Waals surface area contributed by atoms with E-state index < -0.39 is 0 Å². The molecular weight excluding hydrogens is 116 g/mol. The van der Waals surface area contributed by atoms with Gasteiger partial charge in [-0.05, 0) is 0 Å². The van der Waals surface area contributed by atoms with E-state index in [1.54, 1.807) is 0 Å². The Kier molecular flexibility index (Phi) is 229. The predicted molar refractivity (Wildman–Crippen MR) is 19.8 cm³/mol. The summed E-state index contributed by atoms with van der Waals surface area (Å²) in [5.41, 5.74) is 0. The predicted octanol–water partition coefficient (Wildman–Crippen LogP) is 1.06. The van der Waals surface area contributed by atoms with Crippen LogP contribution in [0.4, 0.5) is 0 Å². The molecule has 0 spiro atoms. The minimum absolute atomic E-state index is 0. The number of hydrogen-bond acceptors (Lipinski definition) is 2. The normalized spacial score (nSPS) is 3.00. The van der Waals surface area contributed by atoms with Crippen LogP contribution >= 0.6 is 0 Å². The number of rotatable bonds is 0. The molecule has 38 valence electrons. The van der Waals surface area contributed by atoms with Crippen molar-refractivity contribution in [3.63, 3.8) is 0 Å². The van der Waals surface area contributed by atoms with E-state index in [1.807, 2.05) is 0 Å². The molecule has 0 aliphatic heterocycles. The first-order valence-electron chi connectivity index (χ1n) is 1.41. The van der Waals surface area contributed by atoms with Crippen LogP contribution in [0, 0.1) is 0 Å². The van der Waals surface area contributed by atoms with E-state index in [0.717, 1.165) is 0 Å². The molecule has 0 amide bonds. The van der Waals surface area contributed by atoms with E-state index in [-0.39, 0.29) is 32.7 Å². The van der Waals surface area contributed by atoms with Gasteiger partial charge in [0.2, 0.25) is 0 Å². The van der Waals surface area contributed by atoms with E-state index in [4.69, 9.17) is 0 Å². The summed E-state index contributed by atoms with van der Waals surface area (Å²) in [4.78, 5) is 0. The second kappa shape index (κ2) is 45.3. The first-order valence-corrected chi connectivity index (χ1v) is 1.41. The van der Waals surface area contributed by atoms with Gasteiger partial charge in [0.15, 0.2) is 0 Å². The molecule has 0 fully saturated rings. The second-order valence-electron chi connectivity index (χ2n) is 0.707. The molecule has 6 heavy (non-hydrogen) atoms. The van der Waals surface area contributed by atoms with Crippen molar-refractivity contribution >= 4 is 0 Å². The Morgan fingerprint density at radius 3 is 1.00 bits per heavy atom. The Hall–Kier alpha value is 0.634. The van der Waals surface area contributed by atoms with Crippen molar-refractivity contribution in [1.29, 1.82) is 0 Å². The summed E-state index contributed by atoms with van der Waals surface area (Å²) in [6, 6.07) is 0. The van der Waals surface area contributed by atoms with Crippen molar-refractivity contribution in [2.75, 3.05) is 0 Å². The van der Waals surface area contributed by atoms with Crippen LogP contribution in [-0.2, 0) is 21.7 Å². The van der Waals surface area contributed by atoms with Crippen molar-refractivity contribution in [3.8, 4) is 0 Å². The second-order valence-corrected chi connectivity index (χ2v) is 0.707. The van der Waals surface area contributed by atoms with Gasteiger partial charge in [-0.15, -0.1) is 0 Å². The van der Waals surface area contributed by atoms with Gasteiger partial charge in [-0.3, -0.25) is 0 Å². The van der Waals surface area contributed by atoms with Crippen LogP contribution in [0.2, 0.25) is 0 Å². The van der Waals surface area contributed by atoms with Gasteiger partial charge in [-0.25, -0.2) is 0 Å². The molecule has 0 heterocycles. The van der Waals surface area contributed by atoms with Crippen molar-refractivity contribution in [3.05, 3.63) is 0 Å². The molecule has 0 aromatic rings. The van der Waals surface area contributed by atoms with Gasteiger partial charge in [0.25, 0.3) is 0 Å². The van der Waals surface area contributed by atoms with Gasteiger partial charge >= 0.3 is 21.7 Å². The van der Waals surface area contributed by atoms with Crippen LogP contribution in [0.25, 0.3) is 0 Å². The van der Waals surface area contributed by atoms with Crippen LogP contribution in [-0.4, -0.2) is 11.0 Å². The van der Waals surface area contributed by atoms with E-state index in [9.17, 15) is 0 Å². The molecule has 0 bridgehead atoms. The molecule has 0 atom stereocenters. The zero-order valence-electron chi connectivity index (χ0n) is 4.10. The summed E-state index contributed by atoms with van der Waals surface area (Å²) in [5, 5.41) is 0. The molecule has 0 radical (unpaired) electrons. The van der Waals surface area contributed by atoms with Crippen LogP contribution in [0.1, 0.15) is 20.3 Å². The van der Waals surface area contributed by atoms with Gasteiger partial charge in [-0.1, -0.05) is 20.3 Å². The molecular formula is C3H10O2Ti. The minimum Gasteiger partial charge on any atom is -0.870 e. The fourth-order valence-electron chi connectivity index (χ4n) is 0. The van der Waals surface area contributed by atoms with Crippen LogP contribution in [0.15, 0.2) is 0 Å². The van der Waals surface area contributed by atoms with Crippen molar-refractivity contribution in [1.82, 2.24) is 0 Å². The molecule has 0 aliphatic rings. The van der Waals surface area contributed by atoms with Crippen LogP contribution in [0.3, 0.4) is 0 Å². The third kappa shape index (κ3) is 152. The van der Waals surface area contributed by atoms with E-state index in [0.29, 0.717) is 0 Å². The maximum atomic E-state index is 2.12. The quantitative estimate of drug-likeness (QED) is 0.455. The van der Waals surface area contributed by atoms with E-state index in [2.05, 4.69) is 13.8 Å². The Bertz CT molecular complexity index is 8.75. The van der Waals surface area contributed by atoms with Crippen LogP contribution < -0.4 is 0 Å². The monoisotopic (exact) mass is 126 g/mol. The van der Waals surface area contributed by atoms with Crippen molar-refractivity contribution in [2.45, 2.75) is 20.3 Å². The maximum absolute atomic E-state index is 2.12. The van der Waals surface area contributed by atoms with Gasteiger partial charge in [0, 0.05) is 0 Å². The fraction of sp³-hybridized carbons (Fsp3) is 1.00. The summed E-state index contributed by atoms with van der Waals surface area (Å²) in [5.74, 6) is 0. The Morgan fingerprint density at radius 1 is 1.00 bits per heavy atom. The summed E-state index contributed by atoms with van der Waals surface area (Å²) in [6.45, 7) is 4.25. The molecule has 0 aromatic heterocycles. The molecule has 2 N–H and O–H groups in total. The van der Waals surface area contributed by atoms with E-state index in [1.165, 1.54) is 6.42 Å². The summed E-state index contributed by atoms with van der Waals surface area (Å²) in [7, 11) is 0. The molecule has 0 saturated carbocycles. The molecule has 0 saturated heterocycles. The fourth-order valence-corrected chi connectivity index (χ4v) is 0. The Morgan fingerprint density at radius 2 is 1.00 bits per heavy atom. The third-order valence-electron chi connectivity index (χ3n) is 0. The van der Waals surface area contributed by atoms with E-state index >= 15 is 0 Å². The first-order chi connectivity index (χ1) is 1.41. The first kappa shape index (κ1) is 30.3. The minimum atomic E-state index is 0. The summed E-state index contributed by atoms with van der Waals surface area (Å²) in [6.07, 6.45) is 1.25. The molecule has 2 nitrogen and oxygen atoms in total. The number of hydrogen-bond donors (Lipinski definition) is 0. The SMILES string of the molecule is CCC.[OH-].[OH-].[Ti+2]. The average Bonchev–Trinajstić information content (AvgIpc) is 0.918. The zero-order chi connectivity index (χ0) is 2.71. The third-order valence-corrected chi connectivity index (χ3v) is 0. The Balaban J connectivity index is -0.00000000667. The average molecular weight is 126 g/mol. The van der Waals surface area contributed by atoms with Gasteiger partial charge in [-0.2, -0.15) is 0 Å².